The maximum Gasteiger partial charge on any atom is 0.407 e. The quantitative estimate of drug-likeness (QED) is 0.182. The Hall–Kier alpha value is -3.87. The molecule has 7 rings (SSSR count). The number of alkyl carbamates (subject to hydrolysis) is 3. The van der Waals surface area contributed by atoms with Gasteiger partial charge in [-0.05, 0) is 88.0 Å². The second-order valence-corrected chi connectivity index (χ2v) is 15.5. The van der Waals surface area contributed by atoms with Crippen molar-refractivity contribution < 1.29 is 28.6 Å². The Kier molecular flexibility index (Phi) is 14.6. The third-order valence-electron chi connectivity index (χ3n) is 10.6. The van der Waals surface area contributed by atoms with E-state index < -0.39 is 5.60 Å². The molecule has 12 heteroatoms. The molecular formula is C40H60N6O6. The molecule has 0 aromatic heterocycles. The van der Waals surface area contributed by atoms with Crippen LogP contribution in [0.5, 0.6) is 0 Å². The molecule has 3 saturated heterocycles. The third-order valence-corrected chi connectivity index (χ3v) is 10.6. The van der Waals surface area contributed by atoms with Crippen molar-refractivity contribution in [2.24, 2.45) is 35.5 Å². The third kappa shape index (κ3) is 11.8. The van der Waals surface area contributed by atoms with Crippen molar-refractivity contribution in [2.45, 2.75) is 77.3 Å². The largest absolute Gasteiger partial charge is 0.450 e. The minimum absolute atomic E-state index is 0.184. The van der Waals surface area contributed by atoms with Gasteiger partial charge in [0.05, 0.1) is 6.61 Å². The van der Waals surface area contributed by atoms with Gasteiger partial charge in [0.2, 0.25) is 0 Å². The zero-order valence-corrected chi connectivity index (χ0v) is 31.3. The van der Waals surface area contributed by atoms with E-state index in [0.717, 1.165) is 64.1 Å². The molecule has 3 aliphatic heterocycles. The number of fused-ring (bicyclic) bond motifs is 3. The molecule has 0 saturated carbocycles. The average molecular weight is 721 g/mol. The number of ether oxygens (including phenoxy) is 3. The summed E-state index contributed by atoms with van der Waals surface area (Å²) in [7, 11) is 0. The van der Waals surface area contributed by atoms with Gasteiger partial charge in [0, 0.05) is 57.4 Å². The van der Waals surface area contributed by atoms with Crippen molar-refractivity contribution in [1.82, 2.24) is 31.9 Å². The van der Waals surface area contributed by atoms with Gasteiger partial charge in [-0.15, -0.1) is 0 Å². The first-order chi connectivity index (χ1) is 25.1. The second kappa shape index (κ2) is 19.3. The van der Waals surface area contributed by atoms with E-state index in [1.165, 1.54) is 0 Å². The van der Waals surface area contributed by atoms with Crippen LogP contribution in [0, 0.1) is 35.5 Å². The summed E-state index contributed by atoms with van der Waals surface area (Å²) in [6, 6.07) is 10.4. The van der Waals surface area contributed by atoms with Crippen molar-refractivity contribution in [2.75, 3.05) is 45.9 Å². The summed E-state index contributed by atoms with van der Waals surface area (Å²) in [5, 5.41) is 19.1. The maximum atomic E-state index is 11.9. The molecule has 0 spiro atoms. The maximum absolute atomic E-state index is 11.9. The lowest BCUT2D eigenvalue weighted by Crippen LogP contribution is -2.45. The van der Waals surface area contributed by atoms with Crippen LogP contribution in [0.2, 0.25) is 0 Å². The van der Waals surface area contributed by atoms with E-state index >= 15 is 0 Å². The number of rotatable bonds is 6. The standard InChI is InChI=1S/C16H20N2O2.C13H22N2O2.C11H18N2O2/c19-16(20-11-12-5-2-1-3-6-12)18-15-8-4-7-13-9-17-10-14(13)15;1-13(2,3)17-12(16)15-11-6-4-5-9-7-14-8-10(9)11;1-2-15-11(14)13-10-5-3-4-8-6-12-7-9(8)10/h1-7,13-15,17H,8-11H2,(H,18,19);4-5,9-11,14H,6-8H2,1-3H3,(H,15,16);3-4,8-10,12H,2,5-7H2,1H3,(H,13,14). The van der Waals surface area contributed by atoms with Crippen LogP contribution in [0.1, 0.15) is 52.5 Å². The summed E-state index contributed by atoms with van der Waals surface area (Å²) in [6.45, 7) is 14.2. The zero-order valence-electron chi connectivity index (χ0n) is 31.3. The second-order valence-electron chi connectivity index (χ2n) is 15.5. The summed E-state index contributed by atoms with van der Waals surface area (Å²) >= 11 is 0. The van der Waals surface area contributed by atoms with Gasteiger partial charge in [0.25, 0.3) is 0 Å². The summed E-state index contributed by atoms with van der Waals surface area (Å²) in [6.07, 6.45) is 15.1. The van der Waals surface area contributed by atoms with E-state index in [9.17, 15) is 14.4 Å². The van der Waals surface area contributed by atoms with Gasteiger partial charge in [-0.2, -0.15) is 0 Å². The van der Waals surface area contributed by atoms with E-state index in [-0.39, 0.29) is 36.4 Å². The van der Waals surface area contributed by atoms with E-state index in [1.807, 2.05) is 58.0 Å². The van der Waals surface area contributed by atoms with Crippen LogP contribution in [0.15, 0.2) is 66.8 Å². The fourth-order valence-electron chi connectivity index (χ4n) is 8.03. The Morgan fingerprint density at radius 1 is 0.635 bits per heavy atom. The first kappa shape index (κ1) is 39.3. The highest BCUT2D eigenvalue weighted by Crippen LogP contribution is 2.30. The van der Waals surface area contributed by atoms with Crippen LogP contribution in [0.4, 0.5) is 14.4 Å². The number of carbonyl (C=O) groups is 3. The minimum Gasteiger partial charge on any atom is -0.450 e. The first-order valence-corrected chi connectivity index (χ1v) is 19.1. The molecule has 52 heavy (non-hydrogen) atoms. The summed E-state index contributed by atoms with van der Waals surface area (Å²) in [5.74, 6) is 3.20. The predicted molar refractivity (Wildman–Crippen MR) is 201 cm³/mol. The lowest BCUT2D eigenvalue weighted by molar-refractivity contribution is 0.0482. The van der Waals surface area contributed by atoms with E-state index in [4.69, 9.17) is 14.2 Å². The average Bonchev–Trinajstić information content (AvgIpc) is 3.90. The van der Waals surface area contributed by atoms with Crippen molar-refractivity contribution >= 4 is 18.3 Å². The number of hydrogen-bond acceptors (Lipinski definition) is 9. The van der Waals surface area contributed by atoms with Gasteiger partial charge in [0.15, 0.2) is 0 Å². The van der Waals surface area contributed by atoms with Crippen molar-refractivity contribution in [3.63, 3.8) is 0 Å². The van der Waals surface area contributed by atoms with Gasteiger partial charge in [-0.1, -0.05) is 66.8 Å². The molecule has 0 bridgehead atoms. The Balaban J connectivity index is 0.000000153. The summed E-state index contributed by atoms with van der Waals surface area (Å²) < 4.78 is 15.5. The highest BCUT2D eigenvalue weighted by Gasteiger charge is 2.37. The highest BCUT2D eigenvalue weighted by atomic mass is 16.6. The topological polar surface area (TPSA) is 151 Å². The van der Waals surface area contributed by atoms with Gasteiger partial charge in [0.1, 0.15) is 12.2 Å². The van der Waals surface area contributed by atoms with Crippen LogP contribution in [-0.2, 0) is 20.8 Å². The normalized spacial score (nSPS) is 30.9. The van der Waals surface area contributed by atoms with Crippen LogP contribution in [0.3, 0.4) is 0 Å². The molecule has 6 N–H and O–H groups in total. The van der Waals surface area contributed by atoms with E-state index in [2.05, 4.69) is 68.4 Å². The van der Waals surface area contributed by atoms with Gasteiger partial charge in [-0.3, -0.25) is 0 Å². The molecule has 1 aromatic carbocycles. The number of nitrogens with one attached hydrogen (secondary N) is 6. The van der Waals surface area contributed by atoms with Gasteiger partial charge in [-0.25, -0.2) is 14.4 Å². The SMILES string of the molecule is CC(C)(C)OC(=O)NC1CC=CC2CNCC21.CCOC(=O)NC1CC=CC2CNCC21.O=C(NC1CC=CC2CNCC21)OCc1ccccc1. The zero-order chi connectivity index (χ0) is 36.9. The molecule has 9 atom stereocenters. The van der Waals surface area contributed by atoms with Crippen LogP contribution in [-0.4, -0.2) is 87.9 Å². The Labute approximate surface area is 309 Å². The lowest BCUT2D eigenvalue weighted by Gasteiger charge is -2.31. The molecule has 0 radical (unpaired) electrons. The number of benzene rings is 1. The minimum atomic E-state index is -0.429. The van der Waals surface area contributed by atoms with Crippen molar-refractivity contribution in [1.29, 1.82) is 0 Å². The fourth-order valence-corrected chi connectivity index (χ4v) is 8.03. The molecule has 3 amide bonds. The van der Waals surface area contributed by atoms with Gasteiger partial charge < -0.3 is 46.1 Å². The Morgan fingerprint density at radius 2 is 1.06 bits per heavy atom. The predicted octanol–water partition coefficient (Wildman–Crippen LogP) is 4.65. The number of amides is 3. The molecule has 9 unspecified atom stereocenters. The van der Waals surface area contributed by atoms with Gasteiger partial charge >= 0.3 is 18.3 Å². The Morgan fingerprint density at radius 3 is 1.48 bits per heavy atom. The summed E-state index contributed by atoms with van der Waals surface area (Å²) in [4.78, 5) is 35.0. The molecule has 3 heterocycles. The van der Waals surface area contributed by atoms with Crippen LogP contribution < -0.4 is 31.9 Å². The highest BCUT2D eigenvalue weighted by molar-refractivity contribution is 5.68. The summed E-state index contributed by atoms with van der Waals surface area (Å²) in [5.41, 5.74) is 0.577. The number of hydrogen-bond donors (Lipinski definition) is 6. The van der Waals surface area contributed by atoms with Crippen LogP contribution in [0.25, 0.3) is 0 Å². The monoisotopic (exact) mass is 720 g/mol. The molecule has 6 aliphatic rings. The lowest BCUT2D eigenvalue weighted by atomic mass is 9.83. The molecule has 3 fully saturated rings. The fraction of sp³-hybridized carbons (Fsp3) is 0.625. The smallest absolute Gasteiger partial charge is 0.407 e. The molecular weight excluding hydrogens is 660 g/mol. The molecule has 3 aliphatic carbocycles. The van der Waals surface area contributed by atoms with Crippen LogP contribution >= 0.6 is 0 Å². The molecule has 12 nitrogen and oxygen atoms in total. The first-order valence-electron chi connectivity index (χ1n) is 19.1. The van der Waals surface area contributed by atoms with Crippen molar-refractivity contribution in [3.8, 4) is 0 Å². The molecule has 1 aromatic rings. The van der Waals surface area contributed by atoms with E-state index in [0.29, 0.717) is 48.7 Å². The van der Waals surface area contributed by atoms with Crippen molar-refractivity contribution in [3.05, 3.63) is 72.4 Å². The number of carbonyl (C=O) groups excluding carboxylic acids is 3. The molecule has 286 valence electrons. The van der Waals surface area contributed by atoms with E-state index in [1.54, 1.807) is 0 Å². The Bertz CT molecular complexity index is 1400.